The smallest absolute Gasteiger partial charge is 0.317 e. The number of benzene rings is 1. The molecule has 2 saturated heterocycles. The molecule has 0 saturated carbocycles. The van der Waals surface area contributed by atoms with Gasteiger partial charge in [0.2, 0.25) is 0 Å². The zero-order chi connectivity index (χ0) is 14.5. The van der Waals surface area contributed by atoms with E-state index in [0.717, 1.165) is 19.5 Å². The monoisotopic (exact) mass is 287 g/mol. The van der Waals surface area contributed by atoms with Crippen molar-refractivity contribution in [1.82, 2.24) is 15.1 Å². The third-order valence-electron chi connectivity index (χ3n) is 4.59. The summed E-state index contributed by atoms with van der Waals surface area (Å²) in [4.78, 5) is 16.5. The minimum absolute atomic E-state index is 0.0965. The maximum atomic E-state index is 12.0. The fourth-order valence-electron chi connectivity index (χ4n) is 3.21. The molecule has 4 heteroatoms. The zero-order valence-corrected chi connectivity index (χ0v) is 12.6. The minimum Gasteiger partial charge on any atom is -0.338 e. The summed E-state index contributed by atoms with van der Waals surface area (Å²) in [5.41, 5.74) is 1.27. The molecule has 21 heavy (non-hydrogen) atoms. The van der Waals surface area contributed by atoms with Crippen molar-refractivity contribution in [2.45, 2.75) is 31.7 Å². The van der Waals surface area contributed by atoms with E-state index in [2.05, 4.69) is 22.3 Å². The fraction of sp³-hybridized carbons (Fsp3) is 0.588. The first-order valence-corrected chi connectivity index (χ1v) is 8.14. The molecule has 0 spiro atoms. The summed E-state index contributed by atoms with van der Waals surface area (Å²) < 4.78 is 0. The highest BCUT2D eigenvalue weighted by molar-refractivity contribution is 5.75. The Morgan fingerprint density at radius 1 is 1.10 bits per heavy atom. The van der Waals surface area contributed by atoms with Gasteiger partial charge >= 0.3 is 6.03 Å². The highest BCUT2D eigenvalue weighted by Crippen LogP contribution is 2.19. The maximum Gasteiger partial charge on any atom is 0.317 e. The van der Waals surface area contributed by atoms with Gasteiger partial charge in [0, 0.05) is 25.7 Å². The molecular weight excluding hydrogens is 262 g/mol. The van der Waals surface area contributed by atoms with Gasteiger partial charge < -0.3 is 10.2 Å². The predicted octanol–water partition coefficient (Wildman–Crippen LogP) is 2.11. The lowest BCUT2D eigenvalue weighted by Gasteiger charge is -2.46. The van der Waals surface area contributed by atoms with Gasteiger partial charge in [-0.1, -0.05) is 36.8 Å². The summed E-state index contributed by atoms with van der Waals surface area (Å²) >= 11 is 0. The molecule has 2 aliphatic heterocycles. The number of hydrogen-bond donors (Lipinski definition) is 1. The van der Waals surface area contributed by atoms with E-state index >= 15 is 0 Å². The molecule has 0 unspecified atom stereocenters. The third-order valence-corrected chi connectivity index (χ3v) is 4.59. The third kappa shape index (κ3) is 3.76. The van der Waals surface area contributed by atoms with Crippen LogP contribution in [0, 0.1) is 0 Å². The molecule has 1 aromatic rings. The second-order valence-electron chi connectivity index (χ2n) is 6.12. The Hall–Kier alpha value is -1.55. The molecule has 2 heterocycles. The summed E-state index contributed by atoms with van der Waals surface area (Å²) in [7, 11) is 0. The van der Waals surface area contributed by atoms with E-state index in [9.17, 15) is 4.79 Å². The summed E-state index contributed by atoms with van der Waals surface area (Å²) in [5, 5.41) is 3.03. The first kappa shape index (κ1) is 14.4. The lowest BCUT2D eigenvalue weighted by molar-refractivity contribution is 0.0452. The Balaban J connectivity index is 1.34. The number of likely N-dealkylation sites (tertiary alicyclic amines) is 2. The van der Waals surface area contributed by atoms with Crippen molar-refractivity contribution in [2.24, 2.45) is 0 Å². The van der Waals surface area contributed by atoms with E-state index in [0.29, 0.717) is 12.6 Å². The molecule has 1 aromatic carbocycles. The van der Waals surface area contributed by atoms with Gasteiger partial charge in [-0.05, 0) is 37.9 Å². The second kappa shape index (κ2) is 6.94. The van der Waals surface area contributed by atoms with Crippen LogP contribution in [0.3, 0.4) is 0 Å². The molecule has 0 bridgehead atoms. The van der Waals surface area contributed by atoms with Crippen molar-refractivity contribution >= 4 is 6.03 Å². The van der Waals surface area contributed by atoms with Gasteiger partial charge in [0.15, 0.2) is 0 Å². The molecule has 0 aliphatic carbocycles. The summed E-state index contributed by atoms with van der Waals surface area (Å²) in [6.45, 7) is 4.95. The SMILES string of the molecule is O=C(NCCc1ccccc1)N1CC(N2CCCCC2)C1. The van der Waals surface area contributed by atoms with Gasteiger partial charge in [-0.25, -0.2) is 4.79 Å². The van der Waals surface area contributed by atoms with Gasteiger partial charge in [-0.15, -0.1) is 0 Å². The Bertz CT molecular complexity index is 450. The maximum absolute atomic E-state index is 12.0. The van der Waals surface area contributed by atoms with E-state index < -0.39 is 0 Å². The van der Waals surface area contributed by atoms with Crippen molar-refractivity contribution in [2.75, 3.05) is 32.7 Å². The Morgan fingerprint density at radius 3 is 2.52 bits per heavy atom. The van der Waals surface area contributed by atoms with Crippen LogP contribution in [-0.4, -0.2) is 54.6 Å². The lowest BCUT2D eigenvalue weighted by atomic mass is 10.0. The van der Waals surface area contributed by atoms with Gasteiger partial charge in [0.1, 0.15) is 0 Å². The lowest BCUT2D eigenvalue weighted by Crippen LogP contribution is -2.63. The van der Waals surface area contributed by atoms with E-state index in [1.54, 1.807) is 0 Å². The molecule has 4 nitrogen and oxygen atoms in total. The number of amides is 2. The molecule has 2 fully saturated rings. The largest absolute Gasteiger partial charge is 0.338 e. The first-order valence-electron chi connectivity index (χ1n) is 8.14. The van der Waals surface area contributed by atoms with Gasteiger partial charge in [-0.2, -0.15) is 0 Å². The quantitative estimate of drug-likeness (QED) is 0.920. The summed E-state index contributed by atoms with van der Waals surface area (Å²) in [6, 6.07) is 11.0. The predicted molar refractivity (Wildman–Crippen MR) is 84.3 cm³/mol. The molecule has 114 valence electrons. The van der Waals surface area contributed by atoms with E-state index in [1.165, 1.54) is 37.9 Å². The average molecular weight is 287 g/mol. The normalized spacial score (nSPS) is 20.1. The van der Waals surface area contributed by atoms with Crippen molar-refractivity contribution in [3.05, 3.63) is 35.9 Å². The van der Waals surface area contributed by atoms with E-state index in [4.69, 9.17) is 0 Å². The Labute approximate surface area is 127 Å². The summed E-state index contributed by atoms with van der Waals surface area (Å²) in [6.07, 6.45) is 4.91. The highest BCUT2D eigenvalue weighted by Gasteiger charge is 2.34. The second-order valence-corrected chi connectivity index (χ2v) is 6.12. The van der Waals surface area contributed by atoms with Crippen LogP contribution < -0.4 is 5.32 Å². The topological polar surface area (TPSA) is 35.6 Å². The van der Waals surface area contributed by atoms with Crippen molar-refractivity contribution in [1.29, 1.82) is 0 Å². The molecule has 1 N–H and O–H groups in total. The summed E-state index contributed by atoms with van der Waals surface area (Å²) in [5.74, 6) is 0. The number of hydrogen-bond acceptors (Lipinski definition) is 2. The molecule has 2 amide bonds. The molecule has 0 atom stereocenters. The molecule has 0 aromatic heterocycles. The standard InChI is InChI=1S/C17H25N3O/c21-17(18-10-9-15-7-3-1-4-8-15)20-13-16(14-20)19-11-5-2-6-12-19/h1,3-4,7-8,16H,2,5-6,9-14H2,(H,18,21). The van der Waals surface area contributed by atoms with E-state index in [-0.39, 0.29) is 6.03 Å². The fourth-order valence-corrected chi connectivity index (χ4v) is 3.21. The van der Waals surface area contributed by atoms with Gasteiger partial charge in [0.05, 0.1) is 0 Å². The molecule has 2 aliphatic rings. The van der Waals surface area contributed by atoms with Gasteiger partial charge in [0.25, 0.3) is 0 Å². The van der Waals surface area contributed by atoms with E-state index in [1.807, 2.05) is 23.1 Å². The first-order chi connectivity index (χ1) is 10.3. The van der Waals surface area contributed by atoms with Crippen molar-refractivity contribution in [3.8, 4) is 0 Å². The number of carbonyl (C=O) groups excluding carboxylic acids is 1. The molecule has 3 rings (SSSR count). The number of carbonyl (C=O) groups is 1. The molecule has 0 radical (unpaired) electrons. The number of nitrogens with one attached hydrogen (secondary N) is 1. The number of nitrogens with zero attached hydrogens (tertiary/aromatic N) is 2. The Kier molecular flexibility index (Phi) is 4.76. The van der Waals surface area contributed by atoms with Crippen LogP contribution in [0.15, 0.2) is 30.3 Å². The van der Waals surface area contributed by atoms with Crippen LogP contribution in [0.1, 0.15) is 24.8 Å². The van der Waals surface area contributed by atoms with Crippen LogP contribution in [0.4, 0.5) is 4.79 Å². The highest BCUT2D eigenvalue weighted by atomic mass is 16.2. The van der Waals surface area contributed by atoms with Crippen LogP contribution in [0.5, 0.6) is 0 Å². The van der Waals surface area contributed by atoms with Crippen LogP contribution in [0.25, 0.3) is 0 Å². The minimum atomic E-state index is 0.0965. The van der Waals surface area contributed by atoms with Crippen LogP contribution in [-0.2, 0) is 6.42 Å². The number of rotatable bonds is 4. The zero-order valence-electron chi connectivity index (χ0n) is 12.6. The van der Waals surface area contributed by atoms with Gasteiger partial charge in [-0.3, -0.25) is 4.90 Å². The van der Waals surface area contributed by atoms with Crippen molar-refractivity contribution < 1.29 is 4.79 Å². The van der Waals surface area contributed by atoms with Crippen LogP contribution >= 0.6 is 0 Å². The van der Waals surface area contributed by atoms with Crippen LogP contribution in [0.2, 0.25) is 0 Å². The number of urea groups is 1. The number of piperidine rings is 1. The Morgan fingerprint density at radius 2 is 1.81 bits per heavy atom. The average Bonchev–Trinajstić information content (AvgIpc) is 2.48. The molecular formula is C17H25N3O. The van der Waals surface area contributed by atoms with Crippen molar-refractivity contribution in [3.63, 3.8) is 0 Å².